The summed E-state index contributed by atoms with van der Waals surface area (Å²) >= 11 is 8.39. The minimum Gasteiger partial charge on any atom is -0.490 e. The Morgan fingerprint density at radius 1 is 1.18 bits per heavy atom. The van der Waals surface area contributed by atoms with E-state index in [9.17, 15) is 10.1 Å². The first kappa shape index (κ1) is 24.7. The summed E-state index contributed by atoms with van der Waals surface area (Å²) in [4.78, 5) is 12.7. The number of nitrogens with zero attached hydrogens (tertiary/aromatic N) is 2. The number of rotatable bonds is 8. The molecule has 0 unspecified atom stereocenters. The number of aryl methyl sites for hydroxylation is 2. The van der Waals surface area contributed by atoms with Crippen LogP contribution in [0.15, 0.2) is 54.1 Å². The monoisotopic (exact) mass is 575 g/mol. The van der Waals surface area contributed by atoms with E-state index in [4.69, 9.17) is 21.1 Å². The molecular formula is C25H23ClIN3O3. The van der Waals surface area contributed by atoms with Gasteiger partial charge in [-0.3, -0.25) is 14.9 Å². The Labute approximate surface area is 211 Å². The van der Waals surface area contributed by atoms with Gasteiger partial charge in [-0.05, 0) is 85.3 Å². The molecule has 0 spiro atoms. The summed E-state index contributed by atoms with van der Waals surface area (Å²) in [5.41, 5.74) is 5.98. The lowest BCUT2D eigenvalue weighted by atomic mass is 10.1. The van der Waals surface area contributed by atoms with Crippen LogP contribution >= 0.6 is 34.2 Å². The van der Waals surface area contributed by atoms with Crippen LogP contribution in [0.4, 0.5) is 0 Å². The maximum Gasteiger partial charge on any atom is 0.280 e. The van der Waals surface area contributed by atoms with Gasteiger partial charge in [0.25, 0.3) is 5.91 Å². The van der Waals surface area contributed by atoms with Gasteiger partial charge in [0, 0.05) is 22.0 Å². The van der Waals surface area contributed by atoms with Crippen LogP contribution in [-0.2, 0) is 11.4 Å². The smallest absolute Gasteiger partial charge is 0.280 e. The Balaban J connectivity index is 1.87. The van der Waals surface area contributed by atoms with Crippen LogP contribution in [-0.4, -0.2) is 17.2 Å². The molecule has 33 heavy (non-hydrogen) atoms. The Morgan fingerprint density at radius 2 is 1.88 bits per heavy atom. The molecule has 0 saturated heterocycles. The fourth-order valence-electron chi connectivity index (χ4n) is 3.16. The molecule has 1 heterocycles. The largest absolute Gasteiger partial charge is 0.490 e. The topological polar surface area (TPSA) is 76.3 Å². The minimum absolute atomic E-state index is 0.0227. The molecule has 0 bridgehead atoms. The molecule has 0 radical (unpaired) electrons. The standard InChI is InChI=1S/C25H23ClIN3O3/c1-4-32-23-13-18(11-20(14-28)25(31)29-30-16(2)9-10-17(30)3)12-22(27)24(23)33-15-19-7-5-6-8-21(19)26/h5-13H,4,15H2,1-3H3,(H,29,31)/b20-11-. The fourth-order valence-corrected chi connectivity index (χ4v) is 4.13. The highest BCUT2D eigenvalue weighted by Crippen LogP contribution is 2.36. The van der Waals surface area contributed by atoms with E-state index in [0.29, 0.717) is 28.7 Å². The molecule has 2 aromatic carbocycles. The summed E-state index contributed by atoms with van der Waals surface area (Å²) in [6.07, 6.45) is 1.53. The number of carbonyl (C=O) groups excluding carboxylic acids is 1. The predicted octanol–water partition coefficient (Wildman–Crippen LogP) is 6.02. The number of ether oxygens (including phenoxy) is 2. The van der Waals surface area contributed by atoms with Crippen LogP contribution in [0.2, 0.25) is 5.02 Å². The van der Waals surface area contributed by atoms with E-state index in [1.807, 2.05) is 69.3 Å². The van der Waals surface area contributed by atoms with Crippen molar-refractivity contribution >= 4 is 46.2 Å². The molecule has 170 valence electrons. The maximum absolute atomic E-state index is 12.7. The van der Waals surface area contributed by atoms with Crippen LogP contribution < -0.4 is 14.9 Å². The van der Waals surface area contributed by atoms with Crippen LogP contribution in [0.1, 0.15) is 29.4 Å². The van der Waals surface area contributed by atoms with Crippen molar-refractivity contribution in [3.63, 3.8) is 0 Å². The third-order valence-corrected chi connectivity index (χ3v) is 5.99. The predicted molar refractivity (Wildman–Crippen MR) is 138 cm³/mol. The highest BCUT2D eigenvalue weighted by Gasteiger charge is 2.16. The SMILES string of the molecule is CCOc1cc(/C=C(/C#N)C(=O)Nn2c(C)ccc2C)cc(I)c1OCc1ccccc1Cl. The highest BCUT2D eigenvalue weighted by atomic mass is 127. The maximum atomic E-state index is 12.7. The lowest BCUT2D eigenvalue weighted by Gasteiger charge is -2.15. The lowest BCUT2D eigenvalue weighted by molar-refractivity contribution is -0.113. The van der Waals surface area contributed by atoms with E-state index >= 15 is 0 Å². The van der Waals surface area contributed by atoms with E-state index < -0.39 is 5.91 Å². The number of hydrogen-bond donors (Lipinski definition) is 1. The van der Waals surface area contributed by atoms with Crippen molar-refractivity contribution in [1.29, 1.82) is 5.26 Å². The average Bonchev–Trinajstić information content (AvgIpc) is 3.10. The number of nitriles is 1. The summed E-state index contributed by atoms with van der Waals surface area (Å²) in [5.74, 6) is 0.612. The number of benzene rings is 2. The Hall–Kier alpha value is -2.96. The first-order valence-electron chi connectivity index (χ1n) is 10.2. The second-order valence-corrected chi connectivity index (χ2v) is 8.77. The van der Waals surface area contributed by atoms with Gasteiger partial charge in [-0.25, -0.2) is 0 Å². The summed E-state index contributed by atoms with van der Waals surface area (Å²) in [7, 11) is 0. The van der Waals surface area contributed by atoms with E-state index in [1.165, 1.54) is 6.08 Å². The zero-order valence-corrected chi connectivity index (χ0v) is 21.4. The van der Waals surface area contributed by atoms with Crippen molar-refractivity contribution < 1.29 is 14.3 Å². The van der Waals surface area contributed by atoms with Crippen molar-refractivity contribution in [2.45, 2.75) is 27.4 Å². The molecule has 0 aliphatic carbocycles. The molecule has 8 heteroatoms. The third kappa shape index (κ3) is 6.09. The van der Waals surface area contributed by atoms with Crippen LogP contribution in [0.5, 0.6) is 11.5 Å². The van der Waals surface area contributed by atoms with Gasteiger partial charge in [-0.15, -0.1) is 0 Å². The van der Waals surface area contributed by atoms with E-state index in [1.54, 1.807) is 10.7 Å². The number of halogens is 2. The third-order valence-electron chi connectivity index (χ3n) is 4.82. The molecule has 3 rings (SSSR count). The number of carbonyl (C=O) groups is 1. The quantitative estimate of drug-likeness (QED) is 0.203. The summed E-state index contributed by atoms with van der Waals surface area (Å²) in [6.45, 7) is 6.35. The number of nitrogens with one attached hydrogen (secondary N) is 1. The van der Waals surface area contributed by atoms with Crippen molar-refractivity contribution in [1.82, 2.24) is 4.68 Å². The molecule has 0 aliphatic rings. The first-order valence-corrected chi connectivity index (χ1v) is 11.7. The molecule has 1 N–H and O–H groups in total. The summed E-state index contributed by atoms with van der Waals surface area (Å²) in [5, 5.41) is 10.2. The second kappa shape index (κ2) is 11.3. The zero-order valence-electron chi connectivity index (χ0n) is 18.5. The minimum atomic E-state index is -0.494. The van der Waals surface area contributed by atoms with Gasteiger partial charge in [0.15, 0.2) is 11.5 Å². The highest BCUT2D eigenvalue weighted by molar-refractivity contribution is 14.1. The molecule has 1 aromatic heterocycles. The Kier molecular flexibility index (Phi) is 8.42. The molecule has 3 aromatic rings. The molecule has 0 saturated carbocycles. The van der Waals surface area contributed by atoms with Crippen LogP contribution in [0, 0.1) is 28.7 Å². The van der Waals surface area contributed by atoms with Gasteiger partial charge in [-0.2, -0.15) is 5.26 Å². The molecule has 1 amide bonds. The van der Waals surface area contributed by atoms with Gasteiger partial charge < -0.3 is 9.47 Å². The van der Waals surface area contributed by atoms with Gasteiger partial charge >= 0.3 is 0 Å². The molecule has 0 fully saturated rings. The average molecular weight is 576 g/mol. The van der Waals surface area contributed by atoms with Crippen molar-refractivity contribution in [3.05, 3.63) is 85.2 Å². The zero-order chi connectivity index (χ0) is 24.0. The Bertz CT molecular complexity index is 1220. The molecule has 6 nitrogen and oxygen atoms in total. The van der Waals surface area contributed by atoms with Crippen molar-refractivity contribution in [3.8, 4) is 17.6 Å². The van der Waals surface area contributed by atoms with Gasteiger partial charge in [0.1, 0.15) is 18.2 Å². The number of hydrogen-bond acceptors (Lipinski definition) is 4. The lowest BCUT2D eigenvalue weighted by Crippen LogP contribution is -2.25. The van der Waals surface area contributed by atoms with Crippen LogP contribution in [0.25, 0.3) is 6.08 Å². The van der Waals surface area contributed by atoms with Gasteiger partial charge in [-0.1, -0.05) is 29.8 Å². The second-order valence-electron chi connectivity index (χ2n) is 7.21. The van der Waals surface area contributed by atoms with E-state index in [-0.39, 0.29) is 12.2 Å². The van der Waals surface area contributed by atoms with E-state index in [0.717, 1.165) is 20.5 Å². The summed E-state index contributed by atoms with van der Waals surface area (Å²) in [6, 6.07) is 16.8. The first-order chi connectivity index (χ1) is 15.8. The number of aromatic nitrogens is 1. The molecule has 0 aliphatic heterocycles. The molecular weight excluding hydrogens is 553 g/mol. The van der Waals surface area contributed by atoms with Gasteiger partial charge in [0.05, 0.1) is 10.2 Å². The fraction of sp³-hybridized carbons (Fsp3) is 0.200. The normalized spacial score (nSPS) is 11.1. The van der Waals surface area contributed by atoms with E-state index in [2.05, 4.69) is 28.0 Å². The van der Waals surface area contributed by atoms with Crippen LogP contribution in [0.3, 0.4) is 0 Å². The van der Waals surface area contributed by atoms with Crippen molar-refractivity contribution in [2.24, 2.45) is 0 Å². The summed E-state index contributed by atoms with van der Waals surface area (Å²) < 4.78 is 14.3. The molecule has 0 atom stereocenters. The van der Waals surface area contributed by atoms with Crippen molar-refractivity contribution in [2.75, 3.05) is 12.0 Å². The Morgan fingerprint density at radius 3 is 2.52 bits per heavy atom. The number of amides is 1. The van der Waals surface area contributed by atoms with Gasteiger partial charge in [0.2, 0.25) is 0 Å².